The lowest BCUT2D eigenvalue weighted by molar-refractivity contribution is 0.0107. The number of hydrogen-bond donors (Lipinski definition) is 1. The van der Waals surface area contributed by atoms with Crippen LogP contribution in [0.2, 0.25) is 0 Å². The highest BCUT2D eigenvalue weighted by atomic mass is 35.5. The van der Waals surface area contributed by atoms with Crippen LogP contribution in [0.5, 0.6) is 0 Å². The summed E-state index contributed by atoms with van der Waals surface area (Å²) in [5, 5.41) is 6.05. The number of nitrogens with one attached hydrogen (secondary N) is 1. The van der Waals surface area contributed by atoms with Crippen molar-refractivity contribution in [1.82, 2.24) is 10.3 Å². The lowest BCUT2D eigenvalue weighted by atomic mass is 9.86. The van der Waals surface area contributed by atoms with E-state index in [4.69, 9.17) is 4.74 Å². The molecule has 0 radical (unpaired) electrons. The highest BCUT2D eigenvalue weighted by molar-refractivity contribution is 5.85. The maximum atomic E-state index is 6.46. The lowest BCUT2D eigenvalue weighted by Gasteiger charge is -2.33. The van der Waals surface area contributed by atoms with E-state index in [1.165, 1.54) is 27.5 Å². The minimum Gasteiger partial charge on any atom is -0.372 e. The molecular weight excluding hydrogens is 404 g/mol. The predicted molar refractivity (Wildman–Crippen MR) is 130 cm³/mol. The van der Waals surface area contributed by atoms with Gasteiger partial charge in [-0.3, -0.25) is 4.98 Å². The first-order valence-electron chi connectivity index (χ1n) is 10.7. The summed E-state index contributed by atoms with van der Waals surface area (Å²) >= 11 is 0. The molecule has 3 nitrogen and oxygen atoms in total. The summed E-state index contributed by atoms with van der Waals surface area (Å²) in [5.41, 5.74) is 4.94. The molecule has 5 rings (SSSR count). The number of benzene rings is 3. The largest absolute Gasteiger partial charge is 0.372 e. The van der Waals surface area contributed by atoms with Gasteiger partial charge in [-0.25, -0.2) is 0 Å². The van der Waals surface area contributed by atoms with Gasteiger partial charge < -0.3 is 10.1 Å². The number of nitrogens with zero attached hydrogens (tertiary/aromatic N) is 1. The first-order chi connectivity index (χ1) is 14.9. The van der Waals surface area contributed by atoms with Crippen LogP contribution in [-0.4, -0.2) is 24.2 Å². The summed E-state index contributed by atoms with van der Waals surface area (Å²) in [7, 11) is 0. The Hall–Kier alpha value is -2.72. The molecule has 1 aliphatic heterocycles. The van der Waals surface area contributed by atoms with Gasteiger partial charge in [-0.05, 0) is 58.1 Å². The van der Waals surface area contributed by atoms with Crippen LogP contribution >= 0.6 is 12.4 Å². The molecule has 0 bridgehead atoms. The summed E-state index contributed by atoms with van der Waals surface area (Å²) in [6, 6.07) is 28.0. The third kappa shape index (κ3) is 4.96. The van der Waals surface area contributed by atoms with E-state index in [1.54, 1.807) is 0 Å². The zero-order valence-corrected chi connectivity index (χ0v) is 18.2. The minimum absolute atomic E-state index is 0. The van der Waals surface area contributed by atoms with Gasteiger partial charge in [0, 0.05) is 24.9 Å². The Morgan fingerprint density at radius 3 is 2.61 bits per heavy atom. The second-order valence-corrected chi connectivity index (χ2v) is 8.00. The lowest BCUT2D eigenvalue weighted by Crippen LogP contribution is -2.41. The number of rotatable bonds is 5. The predicted octanol–water partition coefficient (Wildman–Crippen LogP) is 5.99. The molecule has 158 valence electrons. The van der Waals surface area contributed by atoms with E-state index in [0.717, 1.165) is 25.1 Å². The van der Waals surface area contributed by atoms with E-state index >= 15 is 0 Å². The van der Waals surface area contributed by atoms with Crippen molar-refractivity contribution in [3.8, 4) is 11.1 Å². The van der Waals surface area contributed by atoms with E-state index in [-0.39, 0.29) is 18.5 Å². The average molecular weight is 431 g/mol. The van der Waals surface area contributed by atoms with Crippen LogP contribution in [0.15, 0.2) is 91.3 Å². The summed E-state index contributed by atoms with van der Waals surface area (Å²) in [6.07, 6.45) is 4.99. The fraction of sp³-hybridized carbons (Fsp3) is 0.222. The van der Waals surface area contributed by atoms with Gasteiger partial charge >= 0.3 is 0 Å². The molecule has 0 spiro atoms. The Kier molecular flexibility index (Phi) is 6.98. The second kappa shape index (κ2) is 10.1. The van der Waals surface area contributed by atoms with Gasteiger partial charge in [0.2, 0.25) is 0 Å². The second-order valence-electron chi connectivity index (χ2n) is 8.00. The zero-order chi connectivity index (χ0) is 20.2. The van der Waals surface area contributed by atoms with Gasteiger partial charge in [0.05, 0.1) is 12.7 Å². The van der Waals surface area contributed by atoms with E-state index in [2.05, 4.69) is 83.1 Å². The first-order valence-corrected chi connectivity index (χ1v) is 10.7. The number of halogens is 1. The van der Waals surface area contributed by atoms with Gasteiger partial charge in [0.15, 0.2) is 0 Å². The number of aromatic nitrogens is 1. The summed E-state index contributed by atoms with van der Waals surface area (Å²) in [4.78, 5) is 4.27. The van der Waals surface area contributed by atoms with Crippen molar-refractivity contribution in [1.29, 1.82) is 0 Å². The van der Waals surface area contributed by atoms with Crippen LogP contribution in [0.1, 0.15) is 23.5 Å². The van der Waals surface area contributed by atoms with Crippen molar-refractivity contribution in [2.24, 2.45) is 0 Å². The smallest absolute Gasteiger partial charge is 0.0772 e. The molecule has 1 unspecified atom stereocenters. The minimum atomic E-state index is 0. The fourth-order valence-electron chi connectivity index (χ4n) is 4.40. The number of piperidine rings is 1. The Morgan fingerprint density at radius 1 is 0.871 bits per heavy atom. The monoisotopic (exact) mass is 430 g/mol. The van der Waals surface area contributed by atoms with Crippen LogP contribution in [0.3, 0.4) is 0 Å². The van der Waals surface area contributed by atoms with Crippen LogP contribution < -0.4 is 5.32 Å². The van der Waals surface area contributed by atoms with Gasteiger partial charge in [-0.1, -0.05) is 66.7 Å². The van der Waals surface area contributed by atoms with Crippen molar-refractivity contribution in [3.63, 3.8) is 0 Å². The van der Waals surface area contributed by atoms with E-state index in [1.807, 2.05) is 18.5 Å². The van der Waals surface area contributed by atoms with Crippen molar-refractivity contribution >= 4 is 23.2 Å². The molecule has 1 aliphatic rings. The van der Waals surface area contributed by atoms with Gasteiger partial charge in [-0.2, -0.15) is 0 Å². The molecule has 0 amide bonds. The molecule has 2 heterocycles. The summed E-state index contributed by atoms with van der Waals surface area (Å²) in [6.45, 7) is 2.54. The molecule has 31 heavy (non-hydrogen) atoms. The topological polar surface area (TPSA) is 34.2 Å². The molecule has 0 saturated carbocycles. The van der Waals surface area contributed by atoms with Gasteiger partial charge in [-0.15, -0.1) is 12.4 Å². The quantitative estimate of drug-likeness (QED) is 0.422. The maximum absolute atomic E-state index is 6.46. The van der Waals surface area contributed by atoms with E-state index < -0.39 is 0 Å². The Balaban J connectivity index is 0.00000231. The van der Waals surface area contributed by atoms with Crippen molar-refractivity contribution in [3.05, 3.63) is 102 Å². The average Bonchev–Trinajstić information content (AvgIpc) is 2.83. The number of ether oxygens (including phenoxy) is 1. The van der Waals surface area contributed by atoms with Crippen LogP contribution in [0, 0.1) is 0 Å². The highest BCUT2D eigenvalue weighted by Crippen LogP contribution is 2.31. The van der Waals surface area contributed by atoms with Crippen LogP contribution in [-0.2, 0) is 11.3 Å². The van der Waals surface area contributed by atoms with Gasteiger partial charge in [0.1, 0.15) is 0 Å². The summed E-state index contributed by atoms with van der Waals surface area (Å²) < 4.78 is 6.46. The molecule has 4 heteroatoms. The normalized spacial score (nSPS) is 18.5. The molecular formula is C27H27ClN2O. The Labute approximate surface area is 189 Å². The van der Waals surface area contributed by atoms with Crippen molar-refractivity contribution < 1.29 is 4.74 Å². The van der Waals surface area contributed by atoms with E-state index in [0.29, 0.717) is 12.5 Å². The van der Waals surface area contributed by atoms with Crippen molar-refractivity contribution in [2.45, 2.75) is 25.0 Å². The SMILES string of the molecule is Cl.c1cncc(-c2cccc([C@H]3CCNCC3OCc3ccc4ccccc4c3)c2)c1. The summed E-state index contributed by atoms with van der Waals surface area (Å²) in [5.74, 6) is 0.392. The molecule has 1 N–H and O–H groups in total. The molecule has 1 aromatic heterocycles. The van der Waals surface area contributed by atoms with E-state index in [9.17, 15) is 0 Å². The number of hydrogen-bond acceptors (Lipinski definition) is 3. The maximum Gasteiger partial charge on any atom is 0.0772 e. The Morgan fingerprint density at radius 2 is 1.74 bits per heavy atom. The van der Waals surface area contributed by atoms with Crippen molar-refractivity contribution in [2.75, 3.05) is 13.1 Å². The molecule has 1 fully saturated rings. The third-order valence-electron chi connectivity index (χ3n) is 6.01. The first kappa shape index (κ1) is 21.5. The molecule has 3 aromatic carbocycles. The van der Waals surface area contributed by atoms with Crippen LogP contribution in [0.25, 0.3) is 21.9 Å². The number of fused-ring (bicyclic) bond motifs is 1. The molecule has 0 aliphatic carbocycles. The van der Waals surface area contributed by atoms with Gasteiger partial charge in [0.25, 0.3) is 0 Å². The Bertz CT molecular complexity index is 1130. The van der Waals surface area contributed by atoms with Crippen LogP contribution in [0.4, 0.5) is 0 Å². The third-order valence-corrected chi connectivity index (χ3v) is 6.01. The molecule has 2 atom stereocenters. The highest BCUT2D eigenvalue weighted by Gasteiger charge is 2.27. The zero-order valence-electron chi connectivity index (χ0n) is 17.4. The fourth-order valence-corrected chi connectivity index (χ4v) is 4.40. The number of pyridine rings is 1. The standard InChI is InChI=1S/C27H26N2O.ClH/c1-2-6-22-15-20(10-11-21(22)5-1)19-30-27-18-29-14-12-26(27)24-8-3-7-23(16-24)25-9-4-13-28-17-25;/h1-11,13,15-17,26-27,29H,12,14,18-19H2;1H/t26-,27?;/m1./s1. The molecule has 4 aromatic rings. The molecule has 1 saturated heterocycles.